The number of aromatic hydroxyl groups is 2. The van der Waals surface area contributed by atoms with Crippen molar-refractivity contribution in [2.24, 2.45) is 0 Å². The summed E-state index contributed by atoms with van der Waals surface area (Å²) in [6.07, 6.45) is 0. The van der Waals surface area contributed by atoms with Gasteiger partial charge in [0.2, 0.25) is 0 Å². The Morgan fingerprint density at radius 2 is 1.96 bits per heavy atom. The molecule has 0 radical (unpaired) electrons. The molecule has 1 aromatic heterocycles. The monoisotopic (exact) mass is 385 g/mol. The molecule has 3 rings (SSSR count). The van der Waals surface area contributed by atoms with Crippen molar-refractivity contribution < 1.29 is 19.7 Å². The van der Waals surface area contributed by atoms with Crippen LogP contribution in [0, 0.1) is 0 Å². The largest absolute Gasteiger partial charge is 0.504 e. The molecule has 2 N–H and O–H groups in total. The van der Waals surface area contributed by atoms with E-state index in [1.165, 1.54) is 30.0 Å². The van der Waals surface area contributed by atoms with Gasteiger partial charge in [0.05, 0.1) is 12.9 Å². The topological polar surface area (TPSA) is 97.5 Å². The van der Waals surface area contributed by atoms with E-state index >= 15 is 0 Å². The number of methoxy groups -OCH3 is 1. The summed E-state index contributed by atoms with van der Waals surface area (Å²) in [5.74, 6) is 0.823. The van der Waals surface area contributed by atoms with Gasteiger partial charge in [0.1, 0.15) is 5.75 Å². The summed E-state index contributed by atoms with van der Waals surface area (Å²) in [6.45, 7) is 2.63. The summed E-state index contributed by atoms with van der Waals surface area (Å²) >= 11 is 1.27. The van der Waals surface area contributed by atoms with Crippen LogP contribution < -0.4 is 4.74 Å². The SMILES string of the molecule is CCn1c(SCC(=O)c2ccc(O)c(O)c2)nnc1-c1cccc(OC)c1. The van der Waals surface area contributed by atoms with Crippen LogP contribution in [0.3, 0.4) is 0 Å². The zero-order valence-corrected chi connectivity index (χ0v) is 15.7. The quantitative estimate of drug-likeness (QED) is 0.366. The summed E-state index contributed by atoms with van der Waals surface area (Å²) in [4.78, 5) is 12.4. The maximum absolute atomic E-state index is 12.4. The molecule has 1 heterocycles. The zero-order valence-electron chi connectivity index (χ0n) is 14.9. The number of ether oxygens (including phenoxy) is 1. The first-order valence-corrected chi connectivity index (χ1v) is 9.27. The van der Waals surface area contributed by atoms with E-state index in [0.717, 1.165) is 11.3 Å². The molecule has 0 saturated heterocycles. The van der Waals surface area contributed by atoms with Crippen LogP contribution in [0.1, 0.15) is 17.3 Å². The molecule has 0 aliphatic heterocycles. The van der Waals surface area contributed by atoms with Crippen molar-refractivity contribution in [1.29, 1.82) is 0 Å². The number of carbonyl (C=O) groups is 1. The number of hydrogen-bond acceptors (Lipinski definition) is 7. The van der Waals surface area contributed by atoms with Crippen molar-refractivity contribution in [1.82, 2.24) is 14.8 Å². The zero-order chi connectivity index (χ0) is 19.4. The lowest BCUT2D eigenvalue weighted by molar-refractivity contribution is 0.102. The van der Waals surface area contributed by atoms with Gasteiger partial charge >= 0.3 is 0 Å². The molecule has 0 saturated carbocycles. The number of nitrogens with zero attached hydrogens (tertiary/aromatic N) is 3. The van der Waals surface area contributed by atoms with Crippen LogP contribution >= 0.6 is 11.8 Å². The van der Waals surface area contributed by atoms with Crippen molar-refractivity contribution in [2.75, 3.05) is 12.9 Å². The summed E-state index contributed by atoms with van der Waals surface area (Å²) in [6, 6.07) is 11.6. The lowest BCUT2D eigenvalue weighted by atomic mass is 10.1. The number of hydrogen-bond donors (Lipinski definition) is 2. The Morgan fingerprint density at radius 3 is 2.67 bits per heavy atom. The van der Waals surface area contributed by atoms with E-state index in [0.29, 0.717) is 23.1 Å². The summed E-state index contributed by atoms with van der Waals surface area (Å²) < 4.78 is 7.19. The molecule has 8 heteroatoms. The van der Waals surface area contributed by atoms with Crippen molar-refractivity contribution in [3.63, 3.8) is 0 Å². The third-order valence-corrected chi connectivity index (χ3v) is 4.96. The number of phenols is 2. The summed E-state index contributed by atoms with van der Waals surface area (Å²) in [5, 5.41) is 28.0. The Balaban J connectivity index is 1.78. The number of thioether (sulfide) groups is 1. The van der Waals surface area contributed by atoms with Crippen LogP contribution in [0.2, 0.25) is 0 Å². The van der Waals surface area contributed by atoms with Gasteiger partial charge in [-0.1, -0.05) is 23.9 Å². The lowest BCUT2D eigenvalue weighted by Crippen LogP contribution is -2.05. The molecule has 0 fully saturated rings. The molecule has 7 nitrogen and oxygen atoms in total. The highest BCUT2D eigenvalue weighted by atomic mass is 32.2. The standard InChI is InChI=1S/C19H19N3O4S/c1-3-22-18(13-5-4-6-14(9-13)26-2)20-21-19(22)27-11-17(25)12-7-8-15(23)16(24)10-12/h4-10,23-24H,3,11H2,1-2H3. The molecule has 0 aliphatic rings. The molecule has 0 bridgehead atoms. The van der Waals surface area contributed by atoms with Crippen molar-refractivity contribution in [3.05, 3.63) is 48.0 Å². The maximum Gasteiger partial charge on any atom is 0.191 e. The van der Waals surface area contributed by atoms with E-state index in [-0.39, 0.29) is 23.0 Å². The van der Waals surface area contributed by atoms with E-state index in [2.05, 4.69) is 10.2 Å². The van der Waals surface area contributed by atoms with Crippen LogP contribution in [0.25, 0.3) is 11.4 Å². The van der Waals surface area contributed by atoms with Crippen LogP contribution in [0.4, 0.5) is 0 Å². The molecule has 2 aromatic carbocycles. The molecule has 0 unspecified atom stereocenters. The van der Waals surface area contributed by atoms with E-state index < -0.39 is 0 Å². The highest BCUT2D eigenvalue weighted by Crippen LogP contribution is 2.28. The number of ketones is 1. The Morgan fingerprint density at radius 1 is 1.15 bits per heavy atom. The first-order valence-electron chi connectivity index (χ1n) is 8.29. The van der Waals surface area contributed by atoms with Gasteiger partial charge in [0.25, 0.3) is 0 Å². The smallest absolute Gasteiger partial charge is 0.191 e. The second-order valence-corrected chi connectivity index (χ2v) is 6.64. The molecule has 0 aliphatic carbocycles. The third kappa shape index (κ3) is 4.06. The van der Waals surface area contributed by atoms with Crippen molar-refractivity contribution in [2.45, 2.75) is 18.6 Å². The summed E-state index contributed by atoms with van der Waals surface area (Å²) in [5.41, 5.74) is 1.21. The fourth-order valence-electron chi connectivity index (χ4n) is 2.57. The molecule has 0 spiro atoms. The second-order valence-electron chi connectivity index (χ2n) is 5.70. The van der Waals surface area contributed by atoms with Gasteiger partial charge in [0, 0.05) is 17.7 Å². The van der Waals surface area contributed by atoms with Gasteiger partial charge in [-0.15, -0.1) is 10.2 Å². The lowest BCUT2D eigenvalue weighted by Gasteiger charge is -2.08. The van der Waals surface area contributed by atoms with Crippen molar-refractivity contribution in [3.8, 4) is 28.6 Å². The van der Waals surface area contributed by atoms with Gasteiger partial charge in [-0.25, -0.2) is 0 Å². The molecule has 3 aromatic rings. The van der Waals surface area contributed by atoms with Crippen LogP contribution in [-0.2, 0) is 6.54 Å². The molecule has 0 atom stereocenters. The molecule has 0 amide bonds. The number of Topliss-reactive ketones (excluding diaryl/α,β-unsaturated/α-hetero) is 1. The van der Waals surface area contributed by atoms with E-state index in [1.54, 1.807) is 7.11 Å². The van der Waals surface area contributed by atoms with E-state index in [9.17, 15) is 15.0 Å². The fraction of sp³-hybridized carbons (Fsp3) is 0.211. The predicted molar refractivity (Wildman–Crippen MR) is 103 cm³/mol. The van der Waals surface area contributed by atoms with Crippen molar-refractivity contribution >= 4 is 17.5 Å². The molecular formula is C19H19N3O4S. The first-order chi connectivity index (χ1) is 13.0. The minimum Gasteiger partial charge on any atom is -0.504 e. The molecule has 140 valence electrons. The number of aromatic nitrogens is 3. The fourth-order valence-corrected chi connectivity index (χ4v) is 3.46. The predicted octanol–water partition coefficient (Wildman–Crippen LogP) is 3.36. The van der Waals surface area contributed by atoms with Gasteiger partial charge in [-0.2, -0.15) is 0 Å². The third-order valence-electron chi connectivity index (χ3n) is 3.99. The first kappa shape index (κ1) is 18.8. The number of rotatable bonds is 7. The van der Waals surface area contributed by atoms with E-state index in [4.69, 9.17) is 4.74 Å². The normalized spacial score (nSPS) is 10.7. The van der Waals surface area contributed by atoms with Gasteiger partial charge < -0.3 is 19.5 Å². The van der Waals surface area contributed by atoms with Gasteiger partial charge in [0.15, 0.2) is 28.3 Å². The Hall–Kier alpha value is -3.00. The maximum atomic E-state index is 12.4. The number of benzene rings is 2. The summed E-state index contributed by atoms with van der Waals surface area (Å²) in [7, 11) is 1.61. The molecular weight excluding hydrogens is 366 g/mol. The Labute approximate surface area is 160 Å². The highest BCUT2D eigenvalue weighted by molar-refractivity contribution is 7.99. The minimum absolute atomic E-state index is 0.139. The average molecular weight is 385 g/mol. The van der Waals surface area contributed by atoms with Crippen LogP contribution in [0.15, 0.2) is 47.6 Å². The average Bonchev–Trinajstić information content (AvgIpc) is 3.11. The van der Waals surface area contributed by atoms with Gasteiger partial charge in [-0.3, -0.25) is 4.79 Å². The highest BCUT2D eigenvalue weighted by Gasteiger charge is 2.16. The number of carbonyl (C=O) groups excluding carboxylic acids is 1. The van der Waals surface area contributed by atoms with Crippen LogP contribution in [0.5, 0.6) is 17.2 Å². The van der Waals surface area contributed by atoms with Gasteiger partial charge in [-0.05, 0) is 37.3 Å². The number of phenolic OH excluding ortho intramolecular Hbond substituents is 2. The van der Waals surface area contributed by atoms with E-state index in [1.807, 2.05) is 35.8 Å². The van der Waals surface area contributed by atoms with Crippen LogP contribution in [-0.4, -0.2) is 43.6 Å². The Kier molecular flexibility index (Phi) is 5.66. The molecule has 27 heavy (non-hydrogen) atoms. The second kappa shape index (κ2) is 8.13. The minimum atomic E-state index is -0.317. The Bertz CT molecular complexity index is 971.